The molecule has 0 aliphatic rings. The number of fused-ring (bicyclic) bond motifs is 2. The summed E-state index contributed by atoms with van der Waals surface area (Å²) in [6, 6.07) is 9.92. The van der Waals surface area contributed by atoms with Crippen molar-refractivity contribution in [2.75, 3.05) is 0 Å². The molecule has 0 saturated heterocycles. The lowest BCUT2D eigenvalue weighted by atomic mass is 10.1. The van der Waals surface area contributed by atoms with E-state index in [0.29, 0.717) is 5.92 Å². The SMILES string of the molecule is CC(C)c1cc2c(=O)c3ccccc3sc2s1. The minimum Gasteiger partial charge on any atom is -0.288 e. The molecule has 1 nitrogen and oxygen atoms in total. The van der Waals surface area contributed by atoms with Crippen molar-refractivity contribution in [1.29, 1.82) is 0 Å². The minimum atomic E-state index is 0.178. The zero-order valence-electron chi connectivity index (χ0n) is 9.69. The number of thiophene rings is 1. The summed E-state index contributed by atoms with van der Waals surface area (Å²) in [6.07, 6.45) is 0. The van der Waals surface area contributed by atoms with Crippen molar-refractivity contribution in [2.45, 2.75) is 19.8 Å². The fraction of sp³-hybridized carbons (Fsp3) is 0.214. The van der Waals surface area contributed by atoms with Gasteiger partial charge in [-0.1, -0.05) is 26.0 Å². The average molecular weight is 260 g/mol. The first-order valence-electron chi connectivity index (χ1n) is 5.62. The molecule has 0 N–H and O–H groups in total. The third-order valence-corrected chi connectivity index (χ3v) is 5.58. The quantitative estimate of drug-likeness (QED) is 0.625. The summed E-state index contributed by atoms with van der Waals surface area (Å²) in [7, 11) is 0. The van der Waals surface area contributed by atoms with E-state index >= 15 is 0 Å². The standard InChI is InChI=1S/C14H12OS2/c1-8(2)12-7-10-13(15)9-5-3-4-6-11(9)16-14(10)17-12/h3-8H,1-2H3. The van der Waals surface area contributed by atoms with E-state index in [4.69, 9.17) is 0 Å². The van der Waals surface area contributed by atoms with Gasteiger partial charge in [-0.2, -0.15) is 0 Å². The van der Waals surface area contributed by atoms with Crippen LogP contribution in [0.4, 0.5) is 0 Å². The van der Waals surface area contributed by atoms with Crippen LogP contribution in [0.15, 0.2) is 35.1 Å². The highest BCUT2D eigenvalue weighted by Gasteiger charge is 2.11. The first-order chi connectivity index (χ1) is 8.16. The molecule has 2 aromatic heterocycles. The van der Waals surface area contributed by atoms with E-state index in [1.807, 2.05) is 24.3 Å². The first-order valence-corrected chi connectivity index (χ1v) is 7.25. The van der Waals surface area contributed by atoms with Crippen molar-refractivity contribution in [1.82, 2.24) is 0 Å². The van der Waals surface area contributed by atoms with Crippen molar-refractivity contribution in [3.8, 4) is 0 Å². The number of benzene rings is 1. The molecule has 0 spiro atoms. The highest BCUT2D eigenvalue weighted by atomic mass is 32.2. The van der Waals surface area contributed by atoms with Crippen LogP contribution in [0, 0.1) is 0 Å². The third kappa shape index (κ3) is 1.70. The van der Waals surface area contributed by atoms with Gasteiger partial charge in [0.25, 0.3) is 0 Å². The molecule has 17 heavy (non-hydrogen) atoms. The summed E-state index contributed by atoms with van der Waals surface area (Å²) < 4.78 is 2.24. The highest BCUT2D eigenvalue weighted by Crippen LogP contribution is 2.34. The van der Waals surface area contributed by atoms with Crippen LogP contribution in [0.2, 0.25) is 0 Å². The molecule has 0 bridgehead atoms. The Labute approximate surface area is 107 Å². The Morgan fingerprint density at radius 3 is 2.59 bits per heavy atom. The van der Waals surface area contributed by atoms with Gasteiger partial charge in [0.15, 0.2) is 5.43 Å². The summed E-state index contributed by atoms with van der Waals surface area (Å²) >= 11 is 3.48. The van der Waals surface area contributed by atoms with Gasteiger partial charge in [0.1, 0.15) is 0 Å². The van der Waals surface area contributed by atoms with Crippen LogP contribution in [-0.2, 0) is 0 Å². The van der Waals surface area contributed by atoms with Crippen molar-refractivity contribution < 1.29 is 0 Å². The zero-order valence-corrected chi connectivity index (χ0v) is 11.3. The fourth-order valence-electron chi connectivity index (χ4n) is 1.90. The molecule has 86 valence electrons. The average Bonchev–Trinajstić information content (AvgIpc) is 2.74. The largest absolute Gasteiger partial charge is 0.288 e. The number of hydrogen-bond donors (Lipinski definition) is 0. The van der Waals surface area contributed by atoms with E-state index in [0.717, 1.165) is 19.5 Å². The maximum Gasteiger partial charge on any atom is 0.196 e. The molecule has 0 amide bonds. The Morgan fingerprint density at radius 2 is 1.82 bits per heavy atom. The molecule has 0 saturated carbocycles. The third-order valence-electron chi connectivity index (χ3n) is 2.87. The summed E-state index contributed by atoms with van der Waals surface area (Å²) in [4.78, 5) is 13.6. The van der Waals surface area contributed by atoms with Crippen LogP contribution in [0.3, 0.4) is 0 Å². The van der Waals surface area contributed by atoms with Crippen LogP contribution < -0.4 is 5.43 Å². The summed E-state index contributed by atoms with van der Waals surface area (Å²) in [5.74, 6) is 0.488. The lowest BCUT2D eigenvalue weighted by molar-refractivity contribution is 0.890. The zero-order chi connectivity index (χ0) is 12.0. The molecule has 3 heteroatoms. The fourth-order valence-corrected chi connectivity index (χ4v) is 4.39. The van der Waals surface area contributed by atoms with Gasteiger partial charge >= 0.3 is 0 Å². The van der Waals surface area contributed by atoms with Gasteiger partial charge in [0.05, 0.1) is 9.40 Å². The molecule has 1 aromatic carbocycles. The Hall–Kier alpha value is -1.19. The first kappa shape index (κ1) is 10.9. The number of rotatable bonds is 1. The highest BCUT2D eigenvalue weighted by molar-refractivity contribution is 7.40. The topological polar surface area (TPSA) is 17.1 Å². The van der Waals surface area contributed by atoms with Crippen LogP contribution >= 0.6 is 22.7 Å². The normalized spacial score (nSPS) is 11.7. The lowest BCUT2D eigenvalue weighted by Crippen LogP contribution is -1.98. The van der Waals surface area contributed by atoms with Gasteiger partial charge in [0.2, 0.25) is 0 Å². The van der Waals surface area contributed by atoms with Crippen LogP contribution in [0.25, 0.3) is 19.5 Å². The molecule has 0 atom stereocenters. The maximum atomic E-state index is 12.3. The Bertz CT molecular complexity index is 750. The number of hydrogen-bond acceptors (Lipinski definition) is 3. The van der Waals surface area contributed by atoms with E-state index in [9.17, 15) is 4.79 Å². The smallest absolute Gasteiger partial charge is 0.196 e. The molecule has 0 aliphatic heterocycles. The van der Waals surface area contributed by atoms with E-state index in [1.54, 1.807) is 22.7 Å². The predicted octanol–water partition coefficient (Wildman–Crippen LogP) is 4.60. The maximum absolute atomic E-state index is 12.3. The molecule has 0 radical (unpaired) electrons. The Balaban J connectivity index is 2.47. The van der Waals surface area contributed by atoms with Gasteiger partial charge < -0.3 is 0 Å². The summed E-state index contributed by atoms with van der Waals surface area (Å²) in [6.45, 7) is 4.33. The second-order valence-corrected chi connectivity index (χ2v) is 6.83. The molecule has 0 unspecified atom stereocenters. The second-order valence-electron chi connectivity index (χ2n) is 4.43. The van der Waals surface area contributed by atoms with Gasteiger partial charge in [0, 0.05) is 15.0 Å². The van der Waals surface area contributed by atoms with E-state index in [-0.39, 0.29) is 5.43 Å². The van der Waals surface area contributed by atoms with Gasteiger partial charge in [-0.25, -0.2) is 0 Å². The van der Waals surface area contributed by atoms with E-state index in [1.165, 1.54) is 4.88 Å². The Morgan fingerprint density at radius 1 is 1.06 bits per heavy atom. The van der Waals surface area contributed by atoms with Crippen molar-refractivity contribution >= 4 is 42.2 Å². The molecule has 3 rings (SSSR count). The monoisotopic (exact) mass is 260 g/mol. The van der Waals surface area contributed by atoms with Gasteiger partial charge in [-0.3, -0.25) is 4.79 Å². The van der Waals surface area contributed by atoms with Crippen LogP contribution in [0.1, 0.15) is 24.6 Å². The Kier molecular flexibility index (Phi) is 2.53. The molecule has 0 aliphatic carbocycles. The lowest BCUT2D eigenvalue weighted by Gasteiger charge is -1.95. The van der Waals surface area contributed by atoms with Crippen molar-refractivity contribution in [3.63, 3.8) is 0 Å². The van der Waals surface area contributed by atoms with E-state index in [2.05, 4.69) is 19.9 Å². The van der Waals surface area contributed by atoms with E-state index < -0.39 is 0 Å². The van der Waals surface area contributed by atoms with Crippen LogP contribution in [-0.4, -0.2) is 0 Å². The minimum absolute atomic E-state index is 0.178. The summed E-state index contributed by atoms with van der Waals surface area (Å²) in [5, 5.41) is 1.74. The van der Waals surface area contributed by atoms with Crippen molar-refractivity contribution in [3.05, 3.63) is 45.4 Å². The van der Waals surface area contributed by atoms with Crippen molar-refractivity contribution in [2.24, 2.45) is 0 Å². The summed E-state index contributed by atoms with van der Waals surface area (Å²) in [5.41, 5.74) is 0.178. The van der Waals surface area contributed by atoms with Gasteiger partial charge in [-0.05, 0) is 24.1 Å². The molecule has 2 heterocycles. The van der Waals surface area contributed by atoms with Gasteiger partial charge in [-0.15, -0.1) is 22.7 Å². The second kappa shape index (κ2) is 3.93. The van der Waals surface area contributed by atoms with Crippen LogP contribution in [0.5, 0.6) is 0 Å². The molecule has 0 fully saturated rings. The predicted molar refractivity (Wildman–Crippen MR) is 77.6 cm³/mol. The molecular formula is C14H12OS2. The molecular weight excluding hydrogens is 248 g/mol. The molecule has 3 aromatic rings.